The fraction of sp³-hybridized carbons (Fsp3) is 0.373. The molecule has 0 spiro atoms. The molecule has 10 heteroatoms. The fourth-order valence-corrected chi connectivity index (χ4v) is 45.3. The largest absolute Gasteiger partial charge is 2.00 e. The average molecular weight is 2140 g/mol. The van der Waals surface area contributed by atoms with Crippen LogP contribution in [0, 0.1) is 103 Å². The first-order valence-corrected chi connectivity index (χ1v) is 63.3. The predicted molar refractivity (Wildman–Crippen MR) is 654 cm³/mol. The second kappa shape index (κ2) is 61.2. The van der Waals surface area contributed by atoms with E-state index in [-0.39, 0.29) is 63.8 Å². The van der Waals surface area contributed by atoms with Gasteiger partial charge in [0.05, 0.1) is 0 Å². The first-order valence-electron chi connectivity index (χ1n) is 53.2. The van der Waals surface area contributed by atoms with Crippen LogP contribution in [-0.2, 0) is 59.8 Å². The molecule has 6 atom stereocenters. The van der Waals surface area contributed by atoms with Crippen LogP contribution in [0.15, 0.2) is 315 Å². The molecule has 0 N–H and O–H groups in total. The Labute approximate surface area is 913 Å². The van der Waals surface area contributed by atoms with Gasteiger partial charge in [-0.1, -0.05) is 450 Å². The van der Waals surface area contributed by atoms with Gasteiger partial charge in [0.1, 0.15) is 0 Å². The minimum absolute atomic E-state index is 0. The third-order valence-electron chi connectivity index (χ3n) is 30.8. The van der Waals surface area contributed by atoms with E-state index in [4.69, 9.17) is 0 Å². The van der Waals surface area contributed by atoms with Gasteiger partial charge in [0, 0.05) is 41.2 Å². The van der Waals surface area contributed by atoms with Crippen LogP contribution in [0.1, 0.15) is 254 Å². The standard InChI is InChI=1S/C40H34P2.C36H32P2S2.C16H18.2C12H23P.C9H18.C5H10.4CH3.2Fe/c1-5-13-35(14-6-1)41(36-15-7-2-8-16-36)39-29-31-21-25-33(39)27-23-32-22-26-34(28-24-31)40(30-32)42(37-17-9-3-10-18-37)38-19-11-4-12-20-38;1-25-33(35(27(3)39-25)37(29-17-9-5-10-18-29)30-19-11-6-12-20-30)34-26(2)40-28(4)36(34)38(31-21-13-7-14-22-31)32-23-15-8-16-24-32;1-11-7-5-8-12(2)15(11)16-13(3)9-6-10-14(16)4;2*1-3-10-9-11(4-2)13(10)12-7-5-6-8-12;1-7(2)9-6-4-5-8(9)3;1-2-4-5-3-1;;;;;;/h1-22,25-26,29-30H,23-24,27-28H2;5-24H,1-4H3;5-10H,1-4H3;2*10-12H,3-9H2,1-2H3;7-9H,4-6H2,1-3H3;1-5H2;4*1H3;;/q;;;;;;;4*-1;2*+2/t;;;2*10-,11-;;;;;;;;/m...11......../s1. The molecule has 2 unspecified atom stereocenters. The minimum atomic E-state index is -0.711. The van der Waals surface area contributed by atoms with Gasteiger partial charge < -0.3 is 29.7 Å². The second-order valence-corrected chi connectivity index (χ2v) is 58.1. The Morgan fingerprint density at radius 3 is 0.764 bits per heavy atom. The Hall–Kier alpha value is -6.34. The van der Waals surface area contributed by atoms with E-state index in [1.165, 1.54) is 287 Å². The minimum Gasteiger partial charge on any atom is -0.358 e. The fourth-order valence-electron chi connectivity index (χ4n) is 23.7. The van der Waals surface area contributed by atoms with E-state index in [0.717, 1.165) is 43.4 Å². The number of thiophene rings is 2. The van der Waals surface area contributed by atoms with Crippen LogP contribution in [0.4, 0.5) is 0 Å². The first-order chi connectivity index (χ1) is 67.4. The van der Waals surface area contributed by atoms with Crippen molar-refractivity contribution in [2.75, 3.05) is 0 Å². The molecule has 2 aromatic heterocycles. The number of aryl methyl sites for hydroxylation is 12. The Kier molecular flexibility index (Phi) is 51.5. The van der Waals surface area contributed by atoms with Crippen LogP contribution in [-0.4, -0.2) is 34.0 Å². The van der Waals surface area contributed by atoms with Crippen LogP contribution >= 0.6 is 70.2 Å². The smallest absolute Gasteiger partial charge is 0.358 e. The maximum absolute atomic E-state index is 2.55. The van der Waals surface area contributed by atoms with Gasteiger partial charge in [-0.05, 0) is 344 Å². The normalized spacial score (nSPS) is 17.8. The van der Waals surface area contributed by atoms with Gasteiger partial charge in [0.2, 0.25) is 0 Å². The molecule has 0 nitrogen and oxygen atoms in total. The summed E-state index contributed by atoms with van der Waals surface area (Å²) in [7, 11) is -1.73. The molecule has 4 saturated carbocycles. The summed E-state index contributed by atoms with van der Waals surface area (Å²) in [5.74, 6) is 2.96. The Balaban J connectivity index is 0.000000206. The third-order valence-corrected chi connectivity index (χ3v) is 51.9. The second-order valence-electron chi connectivity index (χ2n) is 40.4. The van der Waals surface area contributed by atoms with Crippen molar-refractivity contribution in [3.8, 4) is 22.3 Å². The molecule has 12 aromatic carbocycles. The average Bonchev–Trinajstić information content (AvgIpc) is 1.58. The van der Waals surface area contributed by atoms with E-state index >= 15 is 0 Å². The number of benzene rings is 12. The van der Waals surface area contributed by atoms with Crippen molar-refractivity contribution < 1.29 is 34.1 Å². The van der Waals surface area contributed by atoms with Crippen molar-refractivity contribution >= 4 is 134 Å². The SMILES string of the molecule is C1CCCC1.CC(C)C1CCCC1C.CC[C@@H]1C[C@@H](CC)P1C1CCCC1.CC[C@@H]1C[C@@H](CC)P1C1CCCC1.Cc1cccc(C)c1-c1c(C)cccc1C.Cc1sc(C)c(P(c2ccccc2)c2ccccc2)c1-c1c(C)sc(C)c1P(c1ccccc1)c1ccccc1.[CH3-].[CH3-].[CH3-].[CH3-].[Fe+2].[Fe+2].c1ccc(P(c2ccccc2)c2cc3ccc2CCc2ccc(c(P(c4ccccc4)c4ccccc4)c2)CC3)cc1. The first kappa shape index (κ1) is 121. The third kappa shape index (κ3) is 30.8. The van der Waals surface area contributed by atoms with Crippen molar-refractivity contribution in [1.82, 2.24) is 0 Å². The molecule has 14 aromatic rings. The van der Waals surface area contributed by atoms with Crippen LogP contribution in [0.2, 0.25) is 0 Å². The molecule has 0 radical (unpaired) electrons. The monoisotopic (exact) mass is 2140 g/mol. The molecule has 4 heterocycles. The molecule has 4 bridgehead atoms. The molecule has 764 valence electrons. The Morgan fingerprint density at radius 1 is 0.278 bits per heavy atom. The zero-order valence-electron chi connectivity index (χ0n) is 90.8. The summed E-state index contributed by atoms with van der Waals surface area (Å²) in [6.45, 7) is 34.8. The Morgan fingerprint density at radius 2 is 0.535 bits per heavy atom. The van der Waals surface area contributed by atoms with Crippen LogP contribution in [0.25, 0.3) is 22.3 Å². The molecular formula is C134H170Fe2P6S2. The van der Waals surface area contributed by atoms with Crippen molar-refractivity contribution in [3.63, 3.8) is 0 Å². The van der Waals surface area contributed by atoms with Gasteiger partial charge in [-0.3, -0.25) is 0 Å². The quantitative estimate of drug-likeness (QED) is 0.0382. The van der Waals surface area contributed by atoms with Gasteiger partial charge >= 0.3 is 34.1 Å². The summed E-state index contributed by atoms with van der Waals surface area (Å²) in [5.41, 5.74) is 24.1. The number of hydrogen-bond acceptors (Lipinski definition) is 2. The van der Waals surface area contributed by atoms with E-state index in [2.05, 4.69) is 419 Å². The molecule has 2 saturated heterocycles. The maximum atomic E-state index is 2.55. The van der Waals surface area contributed by atoms with Crippen LogP contribution < -0.4 is 63.7 Å². The Bertz CT molecular complexity index is 5450. The van der Waals surface area contributed by atoms with E-state index in [0.29, 0.717) is 15.8 Å². The zero-order chi connectivity index (χ0) is 96.4. The maximum Gasteiger partial charge on any atom is 2.00 e. The predicted octanol–water partition coefficient (Wildman–Crippen LogP) is 35.5. The number of rotatable bonds is 21. The van der Waals surface area contributed by atoms with Crippen LogP contribution in [0.3, 0.4) is 0 Å². The molecule has 2 aliphatic heterocycles. The van der Waals surface area contributed by atoms with Crippen molar-refractivity contribution in [1.29, 1.82) is 0 Å². The molecule has 10 aliphatic rings. The van der Waals surface area contributed by atoms with Crippen molar-refractivity contribution in [3.05, 3.63) is 409 Å². The molecule has 144 heavy (non-hydrogen) atoms. The van der Waals surface area contributed by atoms with Crippen molar-refractivity contribution in [2.24, 2.45) is 17.8 Å². The van der Waals surface area contributed by atoms with E-state index in [1.807, 2.05) is 22.7 Å². The van der Waals surface area contributed by atoms with Gasteiger partial charge in [0.25, 0.3) is 0 Å². The van der Waals surface area contributed by atoms with Gasteiger partial charge in [-0.2, -0.15) is 0 Å². The van der Waals surface area contributed by atoms with Gasteiger partial charge in [0.15, 0.2) is 0 Å². The van der Waals surface area contributed by atoms with E-state index in [1.54, 1.807) is 38.5 Å². The van der Waals surface area contributed by atoms with E-state index < -0.39 is 31.7 Å². The summed E-state index contributed by atoms with van der Waals surface area (Å²) < 4.78 is 0. The number of hydrogen-bond donors (Lipinski definition) is 0. The summed E-state index contributed by atoms with van der Waals surface area (Å²) >= 11 is 3.93. The summed E-state index contributed by atoms with van der Waals surface area (Å²) in [4.78, 5) is 5.71. The van der Waals surface area contributed by atoms with E-state index in [9.17, 15) is 0 Å². The molecule has 6 fully saturated rings. The van der Waals surface area contributed by atoms with Crippen LogP contribution in [0.5, 0.6) is 0 Å². The summed E-state index contributed by atoms with van der Waals surface area (Å²) in [5, 5.41) is 17.4. The van der Waals surface area contributed by atoms with Gasteiger partial charge in [-0.25, -0.2) is 0 Å². The molecular weight excluding hydrogens is 1970 g/mol. The summed E-state index contributed by atoms with van der Waals surface area (Å²) in [6.07, 6.45) is 37.6. The van der Waals surface area contributed by atoms with Gasteiger partial charge in [-0.15, -0.1) is 22.7 Å². The molecule has 0 amide bonds. The topological polar surface area (TPSA) is 0 Å². The molecule has 24 rings (SSSR count). The molecule has 8 aliphatic carbocycles. The van der Waals surface area contributed by atoms with Crippen molar-refractivity contribution in [2.45, 2.75) is 305 Å². The zero-order valence-corrected chi connectivity index (χ0v) is 100. The summed E-state index contributed by atoms with van der Waals surface area (Å²) in [6, 6.07) is 117.